The maximum atomic E-state index is 14.1. The summed E-state index contributed by atoms with van der Waals surface area (Å²) in [6.45, 7) is 8.07. The molecule has 43 heavy (non-hydrogen) atoms. The van der Waals surface area contributed by atoms with Crippen molar-refractivity contribution in [1.82, 2.24) is 14.5 Å². The van der Waals surface area contributed by atoms with E-state index in [1.165, 1.54) is 4.57 Å². The second kappa shape index (κ2) is 12.5. The Labute approximate surface area is 263 Å². The molecular weight excluding hydrogens is 599 g/mol. The summed E-state index contributed by atoms with van der Waals surface area (Å²) in [4.78, 5) is 27.4. The number of hydrogen-bond donors (Lipinski definition) is 1. The zero-order valence-corrected chi connectivity index (χ0v) is 26.4. The molecule has 5 aromatic rings. The number of nitrogens with zero attached hydrogens (tertiary/aromatic N) is 3. The first-order valence-corrected chi connectivity index (χ1v) is 15.1. The highest BCUT2D eigenvalue weighted by Crippen LogP contribution is 2.23. The molecule has 1 N–H and O–H groups in total. The normalized spacial score (nSPS) is 12.3. The molecule has 2 heterocycles. The number of thiazole rings is 1. The van der Waals surface area contributed by atoms with Gasteiger partial charge in [-0.1, -0.05) is 53.0 Å². The smallest absolute Gasteiger partial charge is 0.273 e. The summed E-state index contributed by atoms with van der Waals surface area (Å²) >= 11 is 13.2. The highest BCUT2D eigenvalue weighted by atomic mass is 35.5. The molecular formula is C34H28Cl2N4O2S. The highest BCUT2D eigenvalue weighted by Gasteiger charge is 2.19. The third-order valence-corrected chi connectivity index (χ3v) is 8.77. The standard InChI is InChI=1S/C34H28Cl2N4O2S/c1-20-5-14-30(21(2)15-20)40-33(42)31(17-25-16-22(3)39(23(25)4)28-12-10-27(36)11-13-28)43-34(40)29(18-37)32(41)38-19-24-6-8-26(35)9-7-24/h5-17H,19H2,1-4H3,(H,38,41)/b31-17-,34-29+. The minimum Gasteiger partial charge on any atom is -0.347 e. The Hall–Kier alpha value is -4.35. The summed E-state index contributed by atoms with van der Waals surface area (Å²) in [5.74, 6) is -0.565. The number of aromatic nitrogens is 2. The minimum absolute atomic E-state index is 0.137. The Morgan fingerprint density at radius 2 is 1.58 bits per heavy atom. The Morgan fingerprint density at radius 1 is 0.930 bits per heavy atom. The fourth-order valence-corrected chi connectivity index (χ4v) is 6.39. The molecule has 0 bridgehead atoms. The number of amides is 1. The van der Waals surface area contributed by atoms with Crippen LogP contribution in [0, 0.1) is 39.0 Å². The number of carbonyl (C=O) groups is 1. The fourth-order valence-electron chi connectivity index (χ4n) is 5.06. The van der Waals surface area contributed by atoms with Crippen LogP contribution < -0.4 is 20.1 Å². The molecule has 3 aromatic carbocycles. The molecule has 1 amide bonds. The van der Waals surface area contributed by atoms with Gasteiger partial charge in [0, 0.05) is 33.7 Å². The van der Waals surface area contributed by atoms with Crippen molar-refractivity contribution < 1.29 is 4.79 Å². The predicted octanol–water partition coefficient (Wildman–Crippen LogP) is 6.05. The van der Waals surface area contributed by atoms with Crippen LogP contribution in [-0.4, -0.2) is 15.0 Å². The van der Waals surface area contributed by atoms with Crippen LogP contribution in [0.15, 0.2) is 77.6 Å². The van der Waals surface area contributed by atoms with Gasteiger partial charge < -0.3 is 9.88 Å². The van der Waals surface area contributed by atoms with Crippen LogP contribution in [0.1, 0.15) is 33.6 Å². The largest absolute Gasteiger partial charge is 0.347 e. The van der Waals surface area contributed by atoms with E-state index in [9.17, 15) is 14.9 Å². The number of carbonyl (C=O) groups excluding carboxylic acids is 1. The predicted molar refractivity (Wildman–Crippen MR) is 175 cm³/mol. The number of hydrogen-bond acceptors (Lipinski definition) is 4. The lowest BCUT2D eigenvalue weighted by Gasteiger charge is -2.09. The SMILES string of the molecule is Cc1ccc(-n2c(=O)/c(=C/c3cc(C)n(-c4ccc(Cl)cc4)c3C)s/c2=C(\C#N)C(=O)NCc2ccc(Cl)cc2)c(C)c1. The van der Waals surface area contributed by atoms with Crippen LogP contribution in [-0.2, 0) is 11.3 Å². The van der Waals surface area contributed by atoms with Gasteiger partial charge in [-0.2, -0.15) is 5.26 Å². The molecule has 0 atom stereocenters. The molecule has 0 radical (unpaired) electrons. The zero-order valence-electron chi connectivity index (χ0n) is 24.0. The van der Waals surface area contributed by atoms with Gasteiger partial charge in [0.05, 0.1) is 10.2 Å². The molecule has 2 aromatic heterocycles. The monoisotopic (exact) mass is 626 g/mol. The van der Waals surface area contributed by atoms with Crippen molar-refractivity contribution in [1.29, 1.82) is 5.26 Å². The van der Waals surface area contributed by atoms with Crippen molar-refractivity contribution in [2.75, 3.05) is 0 Å². The van der Waals surface area contributed by atoms with Crippen LogP contribution >= 0.6 is 34.5 Å². The molecule has 216 valence electrons. The Balaban J connectivity index is 1.69. The van der Waals surface area contributed by atoms with Gasteiger partial charge in [0.25, 0.3) is 11.5 Å². The molecule has 0 saturated carbocycles. The van der Waals surface area contributed by atoms with Gasteiger partial charge in [0.15, 0.2) is 5.57 Å². The van der Waals surface area contributed by atoms with E-state index < -0.39 is 5.91 Å². The van der Waals surface area contributed by atoms with Crippen LogP contribution in [0.3, 0.4) is 0 Å². The molecule has 0 saturated heterocycles. The van der Waals surface area contributed by atoms with Gasteiger partial charge in [-0.3, -0.25) is 14.2 Å². The van der Waals surface area contributed by atoms with Crippen LogP contribution in [0.25, 0.3) is 23.0 Å². The van der Waals surface area contributed by atoms with Crippen LogP contribution in [0.2, 0.25) is 10.0 Å². The summed E-state index contributed by atoms with van der Waals surface area (Å²) in [6.07, 6.45) is 1.83. The summed E-state index contributed by atoms with van der Waals surface area (Å²) in [5.41, 5.74) is 6.64. The van der Waals surface area contributed by atoms with Gasteiger partial charge in [-0.05, 0) is 99.0 Å². The maximum absolute atomic E-state index is 14.1. The number of halogens is 2. The van der Waals surface area contributed by atoms with E-state index in [2.05, 4.69) is 16.0 Å². The Kier molecular flexibility index (Phi) is 8.74. The summed E-state index contributed by atoms with van der Waals surface area (Å²) < 4.78 is 4.25. The number of nitriles is 1. The molecule has 0 aliphatic rings. The van der Waals surface area contributed by atoms with Gasteiger partial charge >= 0.3 is 0 Å². The van der Waals surface area contributed by atoms with E-state index in [0.717, 1.165) is 50.7 Å². The van der Waals surface area contributed by atoms with E-state index in [-0.39, 0.29) is 22.3 Å². The van der Waals surface area contributed by atoms with E-state index in [1.807, 2.05) is 82.3 Å². The number of benzene rings is 3. The van der Waals surface area contributed by atoms with Gasteiger partial charge in [0.1, 0.15) is 10.7 Å². The van der Waals surface area contributed by atoms with E-state index >= 15 is 0 Å². The van der Waals surface area contributed by atoms with Crippen molar-refractivity contribution in [3.05, 3.63) is 136 Å². The van der Waals surface area contributed by atoms with Gasteiger partial charge in [-0.25, -0.2) is 0 Å². The fraction of sp³-hybridized carbons (Fsp3) is 0.147. The first-order chi connectivity index (χ1) is 20.6. The van der Waals surface area contributed by atoms with E-state index in [0.29, 0.717) is 20.3 Å². The van der Waals surface area contributed by atoms with E-state index in [1.54, 1.807) is 24.3 Å². The van der Waals surface area contributed by atoms with E-state index in [4.69, 9.17) is 23.2 Å². The summed E-state index contributed by atoms with van der Waals surface area (Å²) in [5, 5.41) is 14.2. The first-order valence-electron chi connectivity index (χ1n) is 13.5. The Bertz CT molecular complexity index is 2080. The van der Waals surface area contributed by atoms with Crippen molar-refractivity contribution in [3.8, 4) is 17.4 Å². The molecule has 0 unspecified atom stereocenters. The number of aryl methyl sites for hydroxylation is 3. The maximum Gasteiger partial charge on any atom is 0.273 e. The Morgan fingerprint density at radius 3 is 2.21 bits per heavy atom. The molecule has 9 heteroatoms. The van der Waals surface area contributed by atoms with Crippen molar-refractivity contribution >= 4 is 52.1 Å². The second-order valence-electron chi connectivity index (χ2n) is 10.3. The average molecular weight is 628 g/mol. The lowest BCUT2D eigenvalue weighted by Crippen LogP contribution is -2.34. The summed E-state index contributed by atoms with van der Waals surface area (Å²) in [7, 11) is 0. The summed E-state index contributed by atoms with van der Waals surface area (Å²) in [6, 6.07) is 24.4. The lowest BCUT2D eigenvalue weighted by molar-refractivity contribution is -0.115. The molecule has 0 aliphatic carbocycles. The molecule has 5 rings (SSSR count). The topological polar surface area (TPSA) is 79.8 Å². The second-order valence-corrected chi connectivity index (χ2v) is 12.2. The van der Waals surface area contributed by atoms with Gasteiger partial charge in [-0.15, -0.1) is 11.3 Å². The average Bonchev–Trinajstić information content (AvgIpc) is 3.43. The van der Waals surface area contributed by atoms with Crippen molar-refractivity contribution in [3.63, 3.8) is 0 Å². The molecule has 0 fully saturated rings. The lowest BCUT2D eigenvalue weighted by atomic mass is 10.1. The van der Waals surface area contributed by atoms with Crippen molar-refractivity contribution in [2.24, 2.45) is 0 Å². The van der Waals surface area contributed by atoms with Crippen LogP contribution in [0.5, 0.6) is 0 Å². The first kappa shape index (κ1) is 30.1. The highest BCUT2D eigenvalue weighted by molar-refractivity contribution is 7.07. The quantitative estimate of drug-likeness (QED) is 0.249. The van der Waals surface area contributed by atoms with Crippen LogP contribution in [0.4, 0.5) is 0 Å². The number of rotatable bonds is 6. The van der Waals surface area contributed by atoms with Gasteiger partial charge in [0.2, 0.25) is 0 Å². The number of nitrogens with one attached hydrogen (secondary N) is 1. The molecule has 6 nitrogen and oxygen atoms in total. The minimum atomic E-state index is -0.565. The van der Waals surface area contributed by atoms with Crippen molar-refractivity contribution in [2.45, 2.75) is 34.2 Å². The molecule has 0 spiro atoms. The third kappa shape index (κ3) is 6.23. The zero-order chi connectivity index (χ0) is 30.8. The third-order valence-electron chi connectivity index (χ3n) is 7.18. The molecule has 0 aliphatic heterocycles.